The maximum atomic E-state index is 8.52. The fourth-order valence-corrected chi connectivity index (χ4v) is 1.42. The van der Waals surface area contributed by atoms with Crippen LogP contribution in [0.15, 0.2) is 22.8 Å². The van der Waals surface area contributed by atoms with Gasteiger partial charge in [0, 0.05) is 13.0 Å². The van der Waals surface area contributed by atoms with Crippen LogP contribution in [0.3, 0.4) is 0 Å². The maximum Gasteiger partial charge on any atom is 0.117 e. The molecule has 1 heterocycles. The van der Waals surface area contributed by atoms with Crippen LogP contribution in [0, 0.1) is 16.7 Å². The van der Waals surface area contributed by atoms with Gasteiger partial charge < -0.3 is 9.73 Å². The third-order valence-electron chi connectivity index (χ3n) is 2.40. The number of furan rings is 1. The van der Waals surface area contributed by atoms with Crippen molar-refractivity contribution in [1.82, 2.24) is 5.32 Å². The minimum Gasteiger partial charge on any atom is -0.468 e. The molecule has 0 atom stereocenters. The first-order chi connectivity index (χ1) is 7.14. The quantitative estimate of drug-likeness (QED) is 0.778. The Balaban J connectivity index is 2.21. The van der Waals surface area contributed by atoms with Gasteiger partial charge in [0.25, 0.3) is 0 Å². The highest BCUT2D eigenvalue weighted by Gasteiger charge is 2.16. The van der Waals surface area contributed by atoms with E-state index in [-0.39, 0.29) is 5.41 Å². The van der Waals surface area contributed by atoms with E-state index in [0.29, 0.717) is 6.42 Å². The highest BCUT2D eigenvalue weighted by Crippen LogP contribution is 2.20. The number of rotatable bonds is 6. The first kappa shape index (κ1) is 11.8. The van der Waals surface area contributed by atoms with Crippen molar-refractivity contribution in [3.05, 3.63) is 24.2 Å². The number of nitrogens with zero attached hydrogens (tertiary/aromatic N) is 1. The van der Waals surface area contributed by atoms with Gasteiger partial charge in [-0.25, -0.2) is 0 Å². The van der Waals surface area contributed by atoms with Gasteiger partial charge in [-0.2, -0.15) is 5.26 Å². The van der Waals surface area contributed by atoms with Gasteiger partial charge in [0.05, 0.1) is 18.9 Å². The van der Waals surface area contributed by atoms with Gasteiger partial charge in [-0.3, -0.25) is 0 Å². The lowest BCUT2D eigenvalue weighted by Crippen LogP contribution is -2.28. The molecule has 1 rings (SSSR count). The molecule has 82 valence electrons. The third-order valence-corrected chi connectivity index (χ3v) is 2.40. The zero-order chi connectivity index (χ0) is 11.1. The van der Waals surface area contributed by atoms with Crippen LogP contribution in [-0.2, 0) is 6.54 Å². The average Bonchev–Trinajstić information content (AvgIpc) is 2.67. The van der Waals surface area contributed by atoms with Gasteiger partial charge in [-0.1, -0.05) is 13.8 Å². The monoisotopic (exact) mass is 206 g/mol. The standard InChI is InChI=1S/C12H18N2O/c1-12(2,6-4-7-13)10-14-9-11-5-3-8-15-11/h3,5,8,14H,4,6,9-10H2,1-2H3. The van der Waals surface area contributed by atoms with Gasteiger partial charge >= 0.3 is 0 Å². The molecule has 1 aromatic rings. The van der Waals surface area contributed by atoms with Crippen LogP contribution in [0.2, 0.25) is 0 Å². The molecule has 0 aromatic carbocycles. The highest BCUT2D eigenvalue weighted by atomic mass is 16.3. The molecule has 1 N–H and O–H groups in total. The fourth-order valence-electron chi connectivity index (χ4n) is 1.42. The van der Waals surface area contributed by atoms with Crippen molar-refractivity contribution in [2.24, 2.45) is 5.41 Å². The van der Waals surface area contributed by atoms with E-state index in [1.165, 1.54) is 0 Å². The van der Waals surface area contributed by atoms with Crippen LogP contribution in [0.5, 0.6) is 0 Å². The Bertz CT molecular complexity index is 309. The zero-order valence-corrected chi connectivity index (χ0v) is 9.42. The zero-order valence-electron chi connectivity index (χ0n) is 9.42. The number of hydrogen-bond acceptors (Lipinski definition) is 3. The van der Waals surface area contributed by atoms with Crippen LogP contribution >= 0.6 is 0 Å². The van der Waals surface area contributed by atoms with Crippen molar-refractivity contribution in [2.75, 3.05) is 6.54 Å². The van der Waals surface area contributed by atoms with Crippen LogP contribution in [0.4, 0.5) is 0 Å². The second kappa shape index (κ2) is 5.57. The van der Waals surface area contributed by atoms with Crippen molar-refractivity contribution < 1.29 is 4.42 Å². The molecule has 0 aliphatic carbocycles. The third kappa shape index (κ3) is 4.66. The van der Waals surface area contributed by atoms with Crippen LogP contribution < -0.4 is 5.32 Å². The minimum absolute atomic E-state index is 0.169. The molecule has 0 radical (unpaired) electrons. The maximum absolute atomic E-state index is 8.52. The van der Waals surface area contributed by atoms with E-state index in [4.69, 9.17) is 9.68 Å². The molecule has 1 aromatic heterocycles. The van der Waals surface area contributed by atoms with Gasteiger partial charge in [0.15, 0.2) is 0 Å². The van der Waals surface area contributed by atoms with E-state index < -0.39 is 0 Å². The summed E-state index contributed by atoms with van der Waals surface area (Å²) in [4.78, 5) is 0. The molecule has 0 spiro atoms. The molecule has 0 saturated heterocycles. The fraction of sp³-hybridized carbons (Fsp3) is 0.583. The summed E-state index contributed by atoms with van der Waals surface area (Å²) in [5, 5.41) is 11.9. The predicted octanol–water partition coefficient (Wildman–Crippen LogP) is 2.70. The van der Waals surface area contributed by atoms with E-state index in [0.717, 1.165) is 25.3 Å². The lowest BCUT2D eigenvalue weighted by atomic mass is 9.88. The van der Waals surface area contributed by atoms with Gasteiger partial charge in [0.1, 0.15) is 5.76 Å². The Kier molecular flexibility index (Phi) is 4.38. The van der Waals surface area contributed by atoms with Crippen molar-refractivity contribution in [3.8, 4) is 6.07 Å². The molecule has 0 saturated carbocycles. The average molecular weight is 206 g/mol. The topological polar surface area (TPSA) is 49.0 Å². The molecule has 0 aliphatic heterocycles. The van der Waals surface area contributed by atoms with Crippen LogP contribution in [0.1, 0.15) is 32.4 Å². The van der Waals surface area contributed by atoms with Gasteiger partial charge in [0.2, 0.25) is 0 Å². The highest BCUT2D eigenvalue weighted by molar-refractivity contribution is 4.97. The van der Waals surface area contributed by atoms with Crippen molar-refractivity contribution in [2.45, 2.75) is 33.2 Å². The Morgan fingerprint density at radius 1 is 1.53 bits per heavy atom. The Morgan fingerprint density at radius 3 is 2.93 bits per heavy atom. The van der Waals surface area contributed by atoms with Gasteiger partial charge in [-0.15, -0.1) is 0 Å². The van der Waals surface area contributed by atoms with Crippen molar-refractivity contribution >= 4 is 0 Å². The van der Waals surface area contributed by atoms with E-state index in [2.05, 4.69) is 25.2 Å². The molecule has 0 fully saturated rings. The SMILES string of the molecule is CC(C)(CCC#N)CNCc1ccco1. The summed E-state index contributed by atoms with van der Waals surface area (Å²) >= 11 is 0. The number of nitrogens with one attached hydrogen (secondary N) is 1. The predicted molar refractivity (Wildman–Crippen MR) is 59.0 cm³/mol. The lowest BCUT2D eigenvalue weighted by molar-refractivity contribution is 0.311. The summed E-state index contributed by atoms with van der Waals surface area (Å²) in [6.07, 6.45) is 3.22. The normalized spacial score (nSPS) is 11.3. The number of nitriles is 1. The summed E-state index contributed by atoms with van der Waals surface area (Å²) in [6, 6.07) is 6.02. The molecular weight excluding hydrogens is 188 g/mol. The molecule has 0 unspecified atom stereocenters. The van der Waals surface area contributed by atoms with Gasteiger partial charge in [-0.05, 0) is 24.0 Å². The summed E-state index contributed by atoms with van der Waals surface area (Å²) < 4.78 is 5.21. The molecular formula is C12H18N2O. The van der Waals surface area contributed by atoms with E-state index in [9.17, 15) is 0 Å². The smallest absolute Gasteiger partial charge is 0.117 e. The second-order valence-electron chi connectivity index (χ2n) is 4.51. The Hall–Kier alpha value is -1.27. The largest absolute Gasteiger partial charge is 0.468 e. The van der Waals surface area contributed by atoms with E-state index >= 15 is 0 Å². The van der Waals surface area contributed by atoms with E-state index in [1.54, 1.807) is 6.26 Å². The second-order valence-corrected chi connectivity index (χ2v) is 4.51. The first-order valence-corrected chi connectivity index (χ1v) is 5.24. The molecule has 3 heteroatoms. The summed E-state index contributed by atoms with van der Waals surface area (Å²) in [5.41, 5.74) is 0.169. The van der Waals surface area contributed by atoms with Crippen LogP contribution in [0.25, 0.3) is 0 Å². The number of hydrogen-bond donors (Lipinski definition) is 1. The molecule has 0 amide bonds. The molecule has 0 bridgehead atoms. The summed E-state index contributed by atoms with van der Waals surface area (Å²) in [6.45, 7) is 5.98. The van der Waals surface area contributed by atoms with Crippen molar-refractivity contribution in [1.29, 1.82) is 5.26 Å². The molecule has 15 heavy (non-hydrogen) atoms. The van der Waals surface area contributed by atoms with Crippen molar-refractivity contribution in [3.63, 3.8) is 0 Å². The van der Waals surface area contributed by atoms with E-state index in [1.807, 2.05) is 12.1 Å². The Labute approximate surface area is 91.1 Å². The Morgan fingerprint density at radius 2 is 2.33 bits per heavy atom. The molecule has 3 nitrogen and oxygen atoms in total. The van der Waals surface area contributed by atoms with Crippen LogP contribution in [-0.4, -0.2) is 6.54 Å². The molecule has 0 aliphatic rings. The summed E-state index contributed by atoms with van der Waals surface area (Å²) in [7, 11) is 0. The first-order valence-electron chi connectivity index (χ1n) is 5.24. The lowest BCUT2D eigenvalue weighted by Gasteiger charge is -2.23. The minimum atomic E-state index is 0.169. The summed E-state index contributed by atoms with van der Waals surface area (Å²) in [5.74, 6) is 0.950.